The first-order valence-corrected chi connectivity index (χ1v) is 5.13. The number of hydrogen-bond acceptors (Lipinski definition) is 1. The van der Waals surface area contributed by atoms with Gasteiger partial charge >= 0.3 is 0 Å². The van der Waals surface area contributed by atoms with Crippen LogP contribution in [0.2, 0.25) is 0 Å². The number of amides is 1. The molecule has 14 heavy (non-hydrogen) atoms. The van der Waals surface area contributed by atoms with Crippen LogP contribution in [-0.2, 0) is 17.6 Å². The Kier molecular flexibility index (Phi) is 2.28. The lowest BCUT2D eigenvalue weighted by Crippen LogP contribution is -2.19. The minimum Gasteiger partial charge on any atom is -0.326 e. The van der Waals surface area contributed by atoms with Gasteiger partial charge in [0.1, 0.15) is 0 Å². The number of benzene rings is 1. The van der Waals surface area contributed by atoms with Crippen molar-refractivity contribution in [2.24, 2.45) is 0 Å². The van der Waals surface area contributed by atoms with Gasteiger partial charge in [0.15, 0.2) is 0 Å². The van der Waals surface area contributed by atoms with E-state index in [1.54, 1.807) is 0 Å². The van der Waals surface area contributed by atoms with Crippen molar-refractivity contribution in [1.29, 1.82) is 0 Å². The van der Waals surface area contributed by atoms with Crippen LogP contribution >= 0.6 is 0 Å². The average molecular weight is 189 g/mol. The summed E-state index contributed by atoms with van der Waals surface area (Å²) in [6.07, 6.45) is 2.57. The van der Waals surface area contributed by atoms with E-state index in [9.17, 15) is 4.79 Å². The molecule has 1 amide bonds. The van der Waals surface area contributed by atoms with Gasteiger partial charge in [-0.2, -0.15) is 0 Å². The van der Waals surface area contributed by atoms with E-state index in [0.29, 0.717) is 6.42 Å². The number of aryl methyl sites for hydroxylation is 3. The van der Waals surface area contributed by atoms with Gasteiger partial charge < -0.3 is 5.32 Å². The summed E-state index contributed by atoms with van der Waals surface area (Å²) in [5.41, 5.74) is 4.95. The number of carbonyl (C=O) groups excluding carboxylic acids is 1. The number of fused-ring (bicyclic) bond motifs is 1. The lowest BCUT2D eigenvalue weighted by molar-refractivity contribution is -0.116. The van der Waals surface area contributed by atoms with Crippen LogP contribution < -0.4 is 5.32 Å². The van der Waals surface area contributed by atoms with Crippen molar-refractivity contribution in [3.8, 4) is 0 Å². The van der Waals surface area contributed by atoms with E-state index in [1.807, 2.05) is 0 Å². The molecule has 1 N–H and O–H groups in total. The summed E-state index contributed by atoms with van der Waals surface area (Å²) >= 11 is 0. The monoisotopic (exact) mass is 189 g/mol. The summed E-state index contributed by atoms with van der Waals surface area (Å²) in [6.45, 7) is 4.26. The van der Waals surface area contributed by atoms with Gasteiger partial charge in [0, 0.05) is 12.1 Å². The Hall–Kier alpha value is -1.31. The molecule has 1 aromatic rings. The summed E-state index contributed by atoms with van der Waals surface area (Å²) in [6, 6.07) is 4.31. The Labute approximate surface area is 84.3 Å². The highest BCUT2D eigenvalue weighted by Gasteiger charge is 2.15. The van der Waals surface area contributed by atoms with Gasteiger partial charge in [0.25, 0.3) is 0 Å². The molecule has 2 nitrogen and oxygen atoms in total. The Bertz CT molecular complexity index is 382. The topological polar surface area (TPSA) is 29.1 Å². The highest BCUT2D eigenvalue weighted by Crippen LogP contribution is 2.26. The second-order valence-electron chi connectivity index (χ2n) is 3.84. The van der Waals surface area contributed by atoms with Crippen molar-refractivity contribution < 1.29 is 4.79 Å². The van der Waals surface area contributed by atoms with Crippen molar-refractivity contribution in [3.63, 3.8) is 0 Å². The molecular formula is C12H15NO. The van der Waals surface area contributed by atoms with Gasteiger partial charge in [-0.3, -0.25) is 4.79 Å². The molecule has 0 spiro atoms. The summed E-state index contributed by atoms with van der Waals surface area (Å²) in [4.78, 5) is 11.2. The summed E-state index contributed by atoms with van der Waals surface area (Å²) < 4.78 is 0. The van der Waals surface area contributed by atoms with Crippen LogP contribution in [0.1, 0.15) is 30.0 Å². The first-order valence-electron chi connectivity index (χ1n) is 5.13. The molecule has 2 heteroatoms. The second-order valence-corrected chi connectivity index (χ2v) is 3.84. The first kappa shape index (κ1) is 9.25. The fourth-order valence-corrected chi connectivity index (χ4v) is 1.97. The third-order valence-corrected chi connectivity index (χ3v) is 2.84. The minimum absolute atomic E-state index is 0.140. The fraction of sp³-hybridized carbons (Fsp3) is 0.417. The predicted molar refractivity (Wildman–Crippen MR) is 57.5 cm³/mol. The molecule has 74 valence electrons. The molecule has 0 aromatic heterocycles. The third-order valence-electron chi connectivity index (χ3n) is 2.84. The smallest absolute Gasteiger partial charge is 0.224 e. The maximum atomic E-state index is 11.2. The molecular weight excluding hydrogens is 174 g/mol. The van der Waals surface area contributed by atoms with Gasteiger partial charge in [0.05, 0.1) is 0 Å². The number of anilines is 1. The standard InChI is InChI=1S/C12H15NO/c1-3-9-7-10-4-5-12(14)13-11(10)6-8(9)2/h6-7H,3-5H2,1-2H3,(H,13,14). The molecule has 1 aliphatic heterocycles. The SMILES string of the molecule is CCc1cc2c(cc1C)NC(=O)CC2. The first-order chi connectivity index (χ1) is 6.70. The van der Waals surface area contributed by atoms with Crippen molar-refractivity contribution >= 4 is 11.6 Å². The highest BCUT2D eigenvalue weighted by atomic mass is 16.1. The number of carbonyl (C=O) groups is 1. The Balaban J connectivity index is 2.45. The summed E-state index contributed by atoms with van der Waals surface area (Å²) in [5, 5.41) is 2.91. The molecule has 1 aliphatic rings. The second kappa shape index (κ2) is 3.45. The molecule has 0 aliphatic carbocycles. The van der Waals surface area contributed by atoms with Crippen LogP contribution in [0.4, 0.5) is 5.69 Å². The van der Waals surface area contributed by atoms with Gasteiger partial charge in [-0.05, 0) is 42.5 Å². The van der Waals surface area contributed by atoms with Gasteiger partial charge in [-0.15, -0.1) is 0 Å². The zero-order valence-electron chi connectivity index (χ0n) is 8.68. The minimum atomic E-state index is 0.140. The van der Waals surface area contributed by atoms with Crippen LogP contribution in [0, 0.1) is 6.92 Å². The summed E-state index contributed by atoms with van der Waals surface area (Å²) in [7, 11) is 0. The molecule has 0 radical (unpaired) electrons. The third kappa shape index (κ3) is 1.52. The van der Waals surface area contributed by atoms with Crippen LogP contribution in [0.3, 0.4) is 0 Å². The Morgan fingerprint density at radius 3 is 2.86 bits per heavy atom. The molecule has 0 bridgehead atoms. The van der Waals surface area contributed by atoms with E-state index in [-0.39, 0.29) is 5.91 Å². The van der Waals surface area contributed by atoms with Gasteiger partial charge in [0.2, 0.25) is 5.91 Å². The predicted octanol–water partition coefficient (Wildman–Crippen LogP) is 2.44. The lowest BCUT2D eigenvalue weighted by Gasteiger charge is -2.18. The van der Waals surface area contributed by atoms with Crippen molar-refractivity contribution in [2.75, 3.05) is 5.32 Å². The van der Waals surface area contributed by atoms with E-state index < -0.39 is 0 Å². The normalized spacial score (nSPS) is 14.9. The number of nitrogens with one attached hydrogen (secondary N) is 1. The molecule has 1 aromatic carbocycles. The Morgan fingerprint density at radius 1 is 1.36 bits per heavy atom. The molecule has 0 fully saturated rings. The largest absolute Gasteiger partial charge is 0.326 e. The van der Waals surface area contributed by atoms with E-state index in [4.69, 9.17) is 0 Å². The number of hydrogen-bond donors (Lipinski definition) is 1. The van der Waals surface area contributed by atoms with Gasteiger partial charge in [-0.1, -0.05) is 13.0 Å². The maximum Gasteiger partial charge on any atom is 0.224 e. The van der Waals surface area contributed by atoms with Crippen molar-refractivity contribution in [2.45, 2.75) is 33.1 Å². The summed E-state index contributed by atoms with van der Waals surface area (Å²) in [5.74, 6) is 0.140. The highest BCUT2D eigenvalue weighted by molar-refractivity contribution is 5.94. The van der Waals surface area contributed by atoms with Crippen LogP contribution in [-0.4, -0.2) is 5.91 Å². The zero-order valence-corrected chi connectivity index (χ0v) is 8.68. The van der Waals surface area contributed by atoms with E-state index in [2.05, 4.69) is 31.3 Å². The Morgan fingerprint density at radius 2 is 2.14 bits per heavy atom. The molecule has 1 heterocycles. The molecule has 2 rings (SSSR count). The van der Waals surface area contributed by atoms with Crippen molar-refractivity contribution in [3.05, 3.63) is 28.8 Å². The molecule has 0 saturated heterocycles. The quantitative estimate of drug-likeness (QED) is 0.722. The van der Waals surface area contributed by atoms with Crippen molar-refractivity contribution in [1.82, 2.24) is 0 Å². The zero-order chi connectivity index (χ0) is 10.1. The molecule has 0 atom stereocenters. The van der Waals surface area contributed by atoms with E-state index >= 15 is 0 Å². The van der Waals surface area contributed by atoms with Gasteiger partial charge in [-0.25, -0.2) is 0 Å². The molecule has 0 unspecified atom stereocenters. The maximum absolute atomic E-state index is 11.2. The van der Waals surface area contributed by atoms with E-state index in [1.165, 1.54) is 16.7 Å². The lowest BCUT2D eigenvalue weighted by atomic mass is 9.96. The van der Waals surface area contributed by atoms with Crippen LogP contribution in [0.25, 0.3) is 0 Å². The fourth-order valence-electron chi connectivity index (χ4n) is 1.97. The average Bonchev–Trinajstić information content (AvgIpc) is 2.16. The molecule has 0 saturated carbocycles. The van der Waals surface area contributed by atoms with E-state index in [0.717, 1.165) is 18.5 Å². The van der Waals surface area contributed by atoms with Crippen LogP contribution in [0.15, 0.2) is 12.1 Å². The van der Waals surface area contributed by atoms with Crippen LogP contribution in [0.5, 0.6) is 0 Å². The number of rotatable bonds is 1.